The number of piperidine rings is 1. The number of nitrogens with zero attached hydrogens (tertiary/aromatic N) is 5. The Morgan fingerprint density at radius 3 is 2.47 bits per heavy atom. The standard InChI is InChI=1S/C27H28ClN5O/c1-17-14-27(34)33(19(3)29-17)21-8-9-25(23(28)16-21)32-12-10-20(11-13-32)15-26-30-18(2)22-6-4-5-7-24(22)31-26/h4-9,14,16,20H,10-13,15H2,1-3H3. The number of rotatable bonds is 4. The topological polar surface area (TPSA) is 63.9 Å². The minimum atomic E-state index is -0.0965. The molecule has 2 aromatic carbocycles. The van der Waals surface area contributed by atoms with Crippen molar-refractivity contribution in [2.75, 3.05) is 18.0 Å². The highest BCUT2D eigenvalue weighted by atomic mass is 35.5. The molecule has 2 aromatic heterocycles. The van der Waals surface area contributed by atoms with E-state index in [1.54, 1.807) is 10.6 Å². The Bertz CT molecular complexity index is 1420. The van der Waals surface area contributed by atoms with Crippen LogP contribution in [0.5, 0.6) is 0 Å². The maximum absolute atomic E-state index is 12.5. The number of aromatic nitrogens is 4. The van der Waals surface area contributed by atoms with Crippen molar-refractivity contribution in [1.82, 2.24) is 19.5 Å². The average Bonchev–Trinajstić information content (AvgIpc) is 2.79. The second kappa shape index (κ2) is 9.18. The maximum Gasteiger partial charge on any atom is 0.258 e. The molecule has 0 bridgehead atoms. The minimum Gasteiger partial charge on any atom is -0.370 e. The normalized spacial score (nSPS) is 14.6. The van der Waals surface area contributed by atoms with Crippen LogP contribution in [0, 0.1) is 26.7 Å². The zero-order valence-corrected chi connectivity index (χ0v) is 20.5. The van der Waals surface area contributed by atoms with Crippen LogP contribution >= 0.6 is 11.6 Å². The van der Waals surface area contributed by atoms with E-state index in [4.69, 9.17) is 21.6 Å². The predicted molar refractivity (Wildman–Crippen MR) is 137 cm³/mol. The minimum absolute atomic E-state index is 0.0965. The summed E-state index contributed by atoms with van der Waals surface area (Å²) in [5, 5.41) is 1.77. The van der Waals surface area contributed by atoms with Crippen molar-refractivity contribution in [3.05, 3.63) is 86.9 Å². The van der Waals surface area contributed by atoms with E-state index < -0.39 is 0 Å². The molecule has 5 rings (SSSR count). The summed E-state index contributed by atoms with van der Waals surface area (Å²) in [4.78, 5) is 28.8. The molecule has 0 radical (unpaired) electrons. The molecule has 1 saturated heterocycles. The Morgan fingerprint density at radius 2 is 1.74 bits per heavy atom. The number of halogens is 1. The zero-order valence-electron chi connectivity index (χ0n) is 19.8. The van der Waals surface area contributed by atoms with Crippen LogP contribution in [0.3, 0.4) is 0 Å². The molecular weight excluding hydrogens is 446 g/mol. The Hall–Kier alpha value is -3.25. The van der Waals surface area contributed by atoms with E-state index in [0.717, 1.165) is 66.1 Å². The largest absolute Gasteiger partial charge is 0.370 e. The van der Waals surface area contributed by atoms with Crippen LogP contribution in [0.25, 0.3) is 16.6 Å². The molecule has 4 aromatic rings. The fraction of sp³-hybridized carbons (Fsp3) is 0.333. The number of fused-ring (bicyclic) bond motifs is 1. The predicted octanol–water partition coefficient (Wildman–Crippen LogP) is 5.21. The monoisotopic (exact) mass is 473 g/mol. The van der Waals surface area contributed by atoms with Crippen molar-refractivity contribution in [3.63, 3.8) is 0 Å². The molecule has 1 aliphatic heterocycles. The Labute approximate surface area is 204 Å². The molecule has 1 fully saturated rings. The van der Waals surface area contributed by atoms with Crippen molar-refractivity contribution in [2.24, 2.45) is 5.92 Å². The Morgan fingerprint density at radius 1 is 0.971 bits per heavy atom. The summed E-state index contributed by atoms with van der Waals surface area (Å²) in [6.07, 6.45) is 3.02. The molecule has 3 heterocycles. The highest BCUT2D eigenvalue weighted by Crippen LogP contribution is 2.32. The van der Waals surface area contributed by atoms with Crippen molar-refractivity contribution in [1.29, 1.82) is 0 Å². The van der Waals surface area contributed by atoms with Crippen molar-refractivity contribution in [2.45, 2.75) is 40.0 Å². The average molecular weight is 474 g/mol. The number of hydrogen-bond acceptors (Lipinski definition) is 5. The molecule has 6 nitrogen and oxygen atoms in total. The molecule has 0 saturated carbocycles. The lowest BCUT2D eigenvalue weighted by molar-refractivity contribution is 0.397. The quantitative estimate of drug-likeness (QED) is 0.407. The van der Waals surface area contributed by atoms with E-state index in [-0.39, 0.29) is 5.56 Å². The van der Waals surface area contributed by atoms with Crippen LogP contribution in [-0.2, 0) is 6.42 Å². The van der Waals surface area contributed by atoms with Gasteiger partial charge in [0.05, 0.1) is 21.9 Å². The molecule has 0 aliphatic carbocycles. The molecule has 0 spiro atoms. The van der Waals surface area contributed by atoms with Gasteiger partial charge < -0.3 is 4.90 Å². The van der Waals surface area contributed by atoms with Crippen LogP contribution < -0.4 is 10.5 Å². The first-order valence-electron chi connectivity index (χ1n) is 11.7. The maximum atomic E-state index is 12.5. The van der Waals surface area contributed by atoms with Gasteiger partial charge in [-0.25, -0.2) is 15.0 Å². The first-order chi connectivity index (χ1) is 16.4. The number of hydrogen-bond donors (Lipinski definition) is 0. The van der Waals surface area contributed by atoms with Gasteiger partial charge in [-0.05, 0) is 63.8 Å². The molecule has 1 aliphatic rings. The second-order valence-electron chi connectivity index (χ2n) is 9.13. The van der Waals surface area contributed by atoms with E-state index in [1.165, 1.54) is 0 Å². The highest BCUT2D eigenvalue weighted by Gasteiger charge is 2.23. The van der Waals surface area contributed by atoms with Gasteiger partial charge in [-0.15, -0.1) is 0 Å². The number of para-hydroxylation sites is 1. The van der Waals surface area contributed by atoms with E-state index >= 15 is 0 Å². The van der Waals surface area contributed by atoms with Crippen LogP contribution in [0.2, 0.25) is 5.02 Å². The molecule has 0 N–H and O–H groups in total. The fourth-order valence-corrected chi connectivity index (χ4v) is 5.26. The van der Waals surface area contributed by atoms with Gasteiger partial charge in [-0.2, -0.15) is 0 Å². The van der Waals surface area contributed by atoms with Gasteiger partial charge in [-0.3, -0.25) is 9.36 Å². The van der Waals surface area contributed by atoms with Gasteiger partial charge in [0.15, 0.2) is 0 Å². The highest BCUT2D eigenvalue weighted by molar-refractivity contribution is 6.33. The summed E-state index contributed by atoms with van der Waals surface area (Å²) in [5.74, 6) is 2.14. The summed E-state index contributed by atoms with van der Waals surface area (Å²) >= 11 is 6.69. The smallest absolute Gasteiger partial charge is 0.258 e. The molecule has 34 heavy (non-hydrogen) atoms. The number of anilines is 1. The summed E-state index contributed by atoms with van der Waals surface area (Å²) in [6, 6.07) is 15.6. The van der Waals surface area contributed by atoms with Gasteiger partial charge in [-0.1, -0.05) is 29.8 Å². The van der Waals surface area contributed by atoms with Crippen LogP contribution in [-0.4, -0.2) is 32.6 Å². The molecule has 174 valence electrons. The van der Waals surface area contributed by atoms with Gasteiger partial charge in [0.2, 0.25) is 0 Å². The summed E-state index contributed by atoms with van der Waals surface area (Å²) < 4.78 is 1.60. The first kappa shape index (κ1) is 22.5. The van der Waals surface area contributed by atoms with Crippen molar-refractivity contribution in [3.8, 4) is 5.69 Å². The van der Waals surface area contributed by atoms with Gasteiger partial charge in [0.1, 0.15) is 11.6 Å². The SMILES string of the molecule is Cc1cc(=O)n(-c2ccc(N3CCC(Cc4nc(C)c5ccccc5n4)CC3)c(Cl)c2)c(C)n1. The first-order valence-corrected chi connectivity index (χ1v) is 12.1. The molecule has 0 amide bonds. The van der Waals surface area contributed by atoms with Gasteiger partial charge >= 0.3 is 0 Å². The third-order valence-corrected chi connectivity index (χ3v) is 6.97. The molecule has 0 unspecified atom stereocenters. The second-order valence-corrected chi connectivity index (χ2v) is 9.54. The Kier molecular flexibility index (Phi) is 6.09. The summed E-state index contributed by atoms with van der Waals surface area (Å²) in [7, 11) is 0. The lowest BCUT2D eigenvalue weighted by Crippen LogP contribution is -2.34. The number of aryl methyl sites for hydroxylation is 3. The summed E-state index contributed by atoms with van der Waals surface area (Å²) in [5.41, 5.74) is 4.43. The third kappa shape index (κ3) is 4.42. The fourth-order valence-electron chi connectivity index (χ4n) is 4.97. The van der Waals surface area contributed by atoms with E-state index in [0.29, 0.717) is 22.5 Å². The molecule has 0 atom stereocenters. The van der Waals surface area contributed by atoms with Gasteiger partial charge in [0.25, 0.3) is 5.56 Å². The van der Waals surface area contributed by atoms with E-state index in [1.807, 2.05) is 44.2 Å². The van der Waals surface area contributed by atoms with E-state index in [2.05, 4.69) is 28.9 Å². The zero-order chi connectivity index (χ0) is 23.8. The molecular formula is C27H28ClN5O. The van der Waals surface area contributed by atoms with Crippen LogP contribution in [0.15, 0.2) is 53.3 Å². The van der Waals surface area contributed by atoms with Crippen molar-refractivity contribution < 1.29 is 0 Å². The third-order valence-electron chi connectivity index (χ3n) is 6.67. The molecule has 7 heteroatoms. The van der Waals surface area contributed by atoms with Crippen molar-refractivity contribution >= 4 is 28.2 Å². The summed E-state index contributed by atoms with van der Waals surface area (Å²) in [6.45, 7) is 7.58. The van der Waals surface area contributed by atoms with Crippen LogP contribution in [0.4, 0.5) is 5.69 Å². The van der Waals surface area contributed by atoms with Gasteiger partial charge in [0, 0.05) is 42.4 Å². The van der Waals surface area contributed by atoms with Crippen LogP contribution in [0.1, 0.15) is 35.9 Å². The lowest BCUT2D eigenvalue weighted by Gasteiger charge is -2.34. The van der Waals surface area contributed by atoms with E-state index in [9.17, 15) is 4.79 Å². The lowest BCUT2D eigenvalue weighted by atomic mass is 9.92. The Balaban J connectivity index is 1.28. The number of benzene rings is 2.